The van der Waals surface area contributed by atoms with Gasteiger partial charge < -0.3 is 15.5 Å². The molecule has 2 aliphatic heterocycles. The standard InChI is InChI=1S/C26H32N4O/c1-17-18(2)30(19(3)31)25-10-7-22(21-11-13-28-14-12-21)15-24(25)26(17)29-23-8-5-20(6-9-23)16-27-4/h5-11,15-18,26,28-29H,12-14H2,1-4H3. The van der Waals surface area contributed by atoms with Crippen LogP contribution in [0.4, 0.5) is 11.4 Å². The number of nitrogens with zero attached hydrogens (tertiary/aromatic N) is 2. The summed E-state index contributed by atoms with van der Waals surface area (Å²) in [6, 6.07) is 15.2. The number of carbonyl (C=O) groups is 1. The SMILES string of the molecule is CN=Cc1ccc(NC2c3cc(C4=CCNCC4)ccc3N(C(C)=O)C(C)C2C)cc1. The predicted molar refractivity (Wildman–Crippen MR) is 130 cm³/mol. The summed E-state index contributed by atoms with van der Waals surface area (Å²) in [6.45, 7) is 7.96. The third-order valence-corrected chi connectivity index (χ3v) is 6.60. The zero-order valence-corrected chi connectivity index (χ0v) is 18.9. The van der Waals surface area contributed by atoms with Gasteiger partial charge in [-0.2, -0.15) is 0 Å². The molecule has 0 fully saturated rings. The maximum Gasteiger partial charge on any atom is 0.224 e. The Labute approximate surface area is 185 Å². The number of rotatable bonds is 4. The van der Waals surface area contributed by atoms with Gasteiger partial charge in [0.2, 0.25) is 5.91 Å². The molecule has 0 radical (unpaired) electrons. The maximum absolute atomic E-state index is 12.5. The van der Waals surface area contributed by atoms with E-state index in [2.05, 4.69) is 78.0 Å². The van der Waals surface area contributed by atoms with Gasteiger partial charge >= 0.3 is 0 Å². The van der Waals surface area contributed by atoms with Crippen molar-refractivity contribution < 1.29 is 4.79 Å². The topological polar surface area (TPSA) is 56.7 Å². The summed E-state index contributed by atoms with van der Waals surface area (Å²) >= 11 is 0. The molecule has 5 nitrogen and oxygen atoms in total. The average molecular weight is 417 g/mol. The zero-order valence-electron chi connectivity index (χ0n) is 18.9. The van der Waals surface area contributed by atoms with Crippen LogP contribution in [-0.4, -0.2) is 38.3 Å². The minimum atomic E-state index is 0.0936. The van der Waals surface area contributed by atoms with E-state index in [1.54, 1.807) is 14.0 Å². The lowest BCUT2D eigenvalue weighted by atomic mass is 9.81. The number of aliphatic imine (C=N–C) groups is 1. The molecule has 2 heterocycles. The molecule has 3 unspecified atom stereocenters. The van der Waals surface area contributed by atoms with E-state index in [4.69, 9.17) is 0 Å². The molecule has 4 rings (SSSR count). The summed E-state index contributed by atoms with van der Waals surface area (Å²) in [7, 11) is 1.78. The van der Waals surface area contributed by atoms with Crippen molar-refractivity contribution in [2.75, 3.05) is 30.4 Å². The largest absolute Gasteiger partial charge is 0.378 e. The monoisotopic (exact) mass is 416 g/mol. The first-order valence-electron chi connectivity index (χ1n) is 11.1. The quantitative estimate of drug-likeness (QED) is 0.713. The van der Waals surface area contributed by atoms with Gasteiger partial charge in [0, 0.05) is 50.1 Å². The fraction of sp³-hybridized carbons (Fsp3) is 0.385. The Morgan fingerprint density at radius 3 is 2.61 bits per heavy atom. The van der Waals surface area contributed by atoms with Crippen LogP contribution >= 0.6 is 0 Å². The number of hydrogen-bond acceptors (Lipinski definition) is 4. The number of hydrogen-bond donors (Lipinski definition) is 2. The number of fused-ring (bicyclic) bond motifs is 1. The number of anilines is 2. The average Bonchev–Trinajstić information content (AvgIpc) is 2.78. The van der Waals surface area contributed by atoms with Crippen LogP contribution in [0.1, 0.15) is 49.9 Å². The molecule has 0 saturated heterocycles. The van der Waals surface area contributed by atoms with Crippen LogP contribution in [0.15, 0.2) is 53.5 Å². The van der Waals surface area contributed by atoms with E-state index in [0.717, 1.165) is 36.4 Å². The summed E-state index contributed by atoms with van der Waals surface area (Å²) in [6.07, 6.45) is 5.16. The highest BCUT2D eigenvalue weighted by Crippen LogP contribution is 2.43. The second kappa shape index (κ2) is 9.06. The smallest absolute Gasteiger partial charge is 0.224 e. The van der Waals surface area contributed by atoms with E-state index < -0.39 is 0 Å². The van der Waals surface area contributed by atoms with Gasteiger partial charge in [-0.05, 0) is 66.4 Å². The lowest BCUT2D eigenvalue weighted by molar-refractivity contribution is -0.117. The number of benzene rings is 2. The first-order chi connectivity index (χ1) is 15.0. The second-order valence-electron chi connectivity index (χ2n) is 8.58. The van der Waals surface area contributed by atoms with Gasteiger partial charge in [-0.25, -0.2) is 0 Å². The molecule has 2 N–H and O–H groups in total. The van der Waals surface area contributed by atoms with Gasteiger partial charge in [0.15, 0.2) is 0 Å². The Hall–Kier alpha value is -2.92. The van der Waals surface area contributed by atoms with E-state index in [1.807, 2.05) is 11.1 Å². The van der Waals surface area contributed by atoms with E-state index >= 15 is 0 Å². The number of amides is 1. The summed E-state index contributed by atoms with van der Waals surface area (Å²) in [5.74, 6) is 0.349. The molecule has 0 aliphatic carbocycles. The normalized spacial score (nSPS) is 23.4. The van der Waals surface area contributed by atoms with Crippen molar-refractivity contribution in [3.63, 3.8) is 0 Å². The Morgan fingerprint density at radius 2 is 1.97 bits per heavy atom. The van der Waals surface area contributed by atoms with Gasteiger partial charge in [-0.3, -0.25) is 9.79 Å². The highest BCUT2D eigenvalue weighted by molar-refractivity contribution is 5.94. The molecule has 162 valence electrons. The Kier molecular flexibility index (Phi) is 6.23. The Bertz CT molecular complexity index is 1010. The fourth-order valence-electron chi connectivity index (χ4n) is 4.78. The van der Waals surface area contributed by atoms with Crippen molar-refractivity contribution in [1.29, 1.82) is 0 Å². The molecule has 5 heteroatoms. The van der Waals surface area contributed by atoms with Crippen LogP contribution in [0.2, 0.25) is 0 Å². The lowest BCUT2D eigenvalue weighted by Gasteiger charge is -2.44. The Balaban J connectivity index is 1.74. The van der Waals surface area contributed by atoms with E-state index in [1.165, 1.54) is 16.7 Å². The van der Waals surface area contributed by atoms with Gasteiger partial charge in [0.1, 0.15) is 0 Å². The van der Waals surface area contributed by atoms with Gasteiger partial charge in [-0.1, -0.05) is 31.2 Å². The minimum absolute atomic E-state index is 0.0936. The van der Waals surface area contributed by atoms with E-state index in [9.17, 15) is 4.79 Å². The van der Waals surface area contributed by atoms with Crippen molar-refractivity contribution in [3.05, 3.63) is 65.2 Å². The highest BCUT2D eigenvalue weighted by Gasteiger charge is 2.38. The number of carbonyl (C=O) groups excluding carboxylic acids is 1. The Morgan fingerprint density at radius 1 is 1.19 bits per heavy atom. The van der Waals surface area contributed by atoms with Crippen molar-refractivity contribution in [2.45, 2.75) is 39.3 Å². The molecule has 0 saturated carbocycles. The molecule has 2 aromatic rings. The van der Waals surface area contributed by atoms with Crippen molar-refractivity contribution in [1.82, 2.24) is 5.32 Å². The third kappa shape index (κ3) is 4.28. The fourth-order valence-corrected chi connectivity index (χ4v) is 4.78. The van der Waals surface area contributed by atoms with Crippen LogP contribution < -0.4 is 15.5 Å². The first-order valence-corrected chi connectivity index (χ1v) is 11.1. The summed E-state index contributed by atoms with van der Waals surface area (Å²) < 4.78 is 0. The van der Waals surface area contributed by atoms with E-state index in [0.29, 0.717) is 0 Å². The molecular weight excluding hydrogens is 384 g/mol. The van der Waals surface area contributed by atoms with Crippen molar-refractivity contribution in [2.24, 2.45) is 10.9 Å². The second-order valence-corrected chi connectivity index (χ2v) is 8.58. The predicted octanol–water partition coefficient (Wildman–Crippen LogP) is 4.66. The summed E-state index contributed by atoms with van der Waals surface area (Å²) in [5.41, 5.74) is 7.00. The van der Waals surface area contributed by atoms with Crippen molar-refractivity contribution in [3.8, 4) is 0 Å². The molecule has 2 aliphatic rings. The zero-order chi connectivity index (χ0) is 22.0. The van der Waals surface area contributed by atoms with Crippen LogP contribution in [0.5, 0.6) is 0 Å². The molecule has 2 aromatic carbocycles. The summed E-state index contributed by atoms with van der Waals surface area (Å²) in [4.78, 5) is 18.6. The van der Waals surface area contributed by atoms with E-state index in [-0.39, 0.29) is 23.9 Å². The molecule has 31 heavy (non-hydrogen) atoms. The highest BCUT2D eigenvalue weighted by atomic mass is 16.2. The van der Waals surface area contributed by atoms with Crippen LogP contribution in [0.3, 0.4) is 0 Å². The van der Waals surface area contributed by atoms with Crippen molar-refractivity contribution >= 4 is 29.1 Å². The van der Waals surface area contributed by atoms with Crippen LogP contribution in [0, 0.1) is 5.92 Å². The first kappa shape index (κ1) is 21.3. The number of nitrogens with one attached hydrogen (secondary N) is 2. The molecular formula is C26H32N4O. The lowest BCUT2D eigenvalue weighted by Crippen LogP contribution is -2.48. The molecule has 0 aromatic heterocycles. The molecule has 3 atom stereocenters. The van der Waals surface area contributed by atoms with Gasteiger partial charge in [0.25, 0.3) is 0 Å². The van der Waals surface area contributed by atoms with Gasteiger partial charge in [-0.15, -0.1) is 0 Å². The summed E-state index contributed by atoms with van der Waals surface area (Å²) in [5, 5.41) is 7.15. The minimum Gasteiger partial charge on any atom is -0.378 e. The van der Waals surface area contributed by atoms with Crippen LogP contribution in [0.25, 0.3) is 5.57 Å². The molecule has 0 spiro atoms. The van der Waals surface area contributed by atoms with Crippen LogP contribution in [-0.2, 0) is 4.79 Å². The maximum atomic E-state index is 12.5. The third-order valence-electron chi connectivity index (χ3n) is 6.60. The molecule has 1 amide bonds. The molecule has 0 bridgehead atoms. The van der Waals surface area contributed by atoms with Gasteiger partial charge in [0.05, 0.1) is 6.04 Å².